The van der Waals surface area contributed by atoms with Crippen LogP contribution in [-0.4, -0.2) is 17.5 Å². The predicted molar refractivity (Wildman–Crippen MR) is 49.3 cm³/mol. The molecular formula is C10H16O3. The first-order valence-electron chi connectivity index (χ1n) is 4.54. The van der Waals surface area contributed by atoms with Crippen LogP contribution in [-0.2, 0) is 9.53 Å². The summed E-state index contributed by atoms with van der Waals surface area (Å²) in [6, 6.07) is 0. The number of ketones is 1. The Labute approximate surface area is 78.4 Å². The van der Waals surface area contributed by atoms with Gasteiger partial charge in [-0.25, -0.2) is 0 Å². The molecule has 0 atom stereocenters. The highest BCUT2D eigenvalue weighted by atomic mass is 16.5. The number of hydrogen-bond donors (Lipinski definition) is 1. The van der Waals surface area contributed by atoms with Crippen molar-refractivity contribution < 1.29 is 14.6 Å². The molecule has 0 saturated heterocycles. The van der Waals surface area contributed by atoms with Gasteiger partial charge in [-0.2, -0.15) is 0 Å². The van der Waals surface area contributed by atoms with Gasteiger partial charge in [-0.1, -0.05) is 13.8 Å². The van der Waals surface area contributed by atoms with Crippen molar-refractivity contribution in [2.45, 2.75) is 33.6 Å². The van der Waals surface area contributed by atoms with E-state index in [0.29, 0.717) is 25.2 Å². The maximum absolute atomic E-state index is 11.3. The predicted octanol–water partition coefficient (Wildman–Crippen LogP) is 2.18. The SMILES string of the molecule is CCOC1=C(O)C(=O)CC(C)(C)C1. The molecule has 3 nitrogen and oxygen atoms in total. The van der Waals surface area contributed by atoms with Gasteiger partial charge in [-0.15, -0.1) is 0 Å². The second kappa shape index (κ2) is 3.40. The average Bonchev–Trinajstić information content (AvgIpc) is 1.99. The Morgan fingerprint density at radius 3 is 2.62 bits per heavy atom. The largest absolute Gasteiger partial charge is 0.502 e. The van der Waals surface area contributed by atoms with E-state index < -0.39 is 0 Å². The van der Waals surface area contributed by atoms with Crippen molar-refractivity contribution in [3.8, 4) is 0 Å². The number of carbonyl (C=O) groups is 1. The minimum Gasteiger partial charge on any atom is -0.502 e. The summed E-state index contributed by atoms with van der Waals surface area (Å²) in [5, 5.41) is 9.41. The summed E-state index contributed by atoms with van der Waals surface area (Å²) in [5.41, 5.74) is -0.0895. The zero-order valence-corrected chi connectivity index (χ0v) is 8.39. The van der Waals surface area contributed by atoms with Gasteiger partial charge in [-0.3, -0.25) is 4.79 Å². The summed E-state index contributed by atoms with van der Waals surface area (Å²) >= 11 is 0. The van der Waals surface area contributed by atoms with Crippen LogP contribution < -0.4 is 0 Å². The summed E-state index contributed by atoms with van der Waals surface area (Å²) in [4.78, 5) is 11.3. The van der Waals surface area contributed by atoms with E-state index in [1.54, 1.807) is 0 Å². The number of carbonyl (C=O) groups excluding carboxylic acids is 1. The lowest BCUT2D eigenvalue weighted by molar-refractivity contribution is -0.121. The Bertz CT molecular complexity index is 251. The van der Waals surface area contributed by atoms with Crippen molar-refractivity contribution >= 4 is 5.78 Å². The standard InChI is InChI=1S/C10H16O3/c1-4-13-8-6-10(2,3)5-7(11)9(8)12/h12H,4-6H2,1-3H3. The lowest BCUT2D eigenvalue weighted by atomic mass is 9.79. The molecular weight excluding hydrogens is 168 g/mol. The zero-order valence-electron chi connectivity index (χ0n) is 8.39. The van der Waals surface area contributed by atoms with E-state index in [2.05, 4.69) is 0 Å². The molecule has 1 N–H and O–H groups in total. The maximum atomic E-state index is 11.3. The fourth-order valence-electron chi connectivity index (χ4n) is 1.55. The Kier molecular flexibility index (Phi) is 2.64. The van der Waals surface area contributed by atoms with Crippen molar-refractivity contribution in [3.05, 3.63) is 11.5 Å². The molecule has 0 unspecified atom stereocenters. The summed E-state index contributed by atoms with van der Waals surface area (Å²) in [6.45, 7) is 6.32. The smallest absolute Gasteiger partial charge is 0.201 e. The van der Waals surface area contributed by atoms with Crippen LogP contribution in [0.15, 0.2) is 11.5 Å². The van der Waals surface area contributed by atoms with E-state index in [4.69, 9.17) is 4.74 Å². The van der Waals surface area contributed by atoms with Crippen LogP contribution in [0.25, 0.3) is 0 Å². The topological polar surface area (TPSA) is 46.5 Å². The van der Waals surface area contributed by atoms with Gasteiger partial charge in [0.05, 0.1) is 6.61 Å². The first-order chi connectivity index (χ1) is 5.96. The van der Waals surface area contributed by atoms with Crippen LogP contribution in [0.3, 0.4) is 0 Å². The molecule has 0 aliphatic heterocycles. The Morgan fingerprint density at radius 2 is 2.08 bits per heavy atom. The van der Waals surface area contributed by atoms with E-state index in [1.165, 1.54) is 0 Å². The molecule has 0 heterocycles. The minimum absolute atomic E-state index is 0.0895. The van der Waals surface area contributed by atoms with Crippen molar-refractivity contribution in [3.63, 3.8) is 0 Å². The lowest BCUT2D eigenvalue weighted by Gasteiger charge is -2.29. The lowest BCUT2D eigenvalue weighted by Crippen LogP contribution is -2.26. The second-order valence-electron chi connectivity index (χ2n) is 4.15. The van der Waals surface area contributed by atoms with Crippen LogP contribution in [0.5, 0.6) is 0 Å². The third-order valence-corrected chi connectivity index (χ3v) is 2.13. The van der Waals surface area contributed by atoms with E-state index in [-0.39, 0.29) is 17.0 Å². The molecule has 0 radical (unpaired) electrons. The van der Waals surface area contributed by atoms with E-state index in [0.717, 1.165) is 0 Å². The number of aliphatic hydroxyl groups excluding tert-OH is 1. The maximum Gasteiger partial charge on any atom is 0.201 e. The number of ether oxygens (including phenoxy) is 1. The normalized spacial score (nSPS) is 21.9. The molecule has 0 fully saturated rings. The molecule has 13 heavy (non-hydrogen) atoms. The van der Waals surface area contributed by atoms with Crippen LogP contribution in [0.2, 0.25) is 0 Å². The van der Waals surface area contributed by atoms with Crippen LogP contribution in [0.1, 0.15) is 33.6 Å². The van der Waals surface area contributed by atoms with Gasteiger partial charge < -0.3 is 9.84 Å². The summed E-state index contributed by atoms with van der Waals surface area (Å²) in [5.74, 6) is 0.0598. The summed E-state index contributed by atoms with van der Waals surface area (Å²) in [7, 11) is 0. The summed E-state index contributed by atoms with van der Waals surface area (Å²) in [6.07, 6.45) is 1.04. The molecule has 3 heteroatoms. The van der Waals surface area contributed by atoms with Crippen molar-refractivity contribution in [2.24, 2.45) is 5.41 Å². The second-order valence-corrected chi connectivity index (χ2v) is 4.15. The molecule has 0 saturated carbocycles. The number of aliphatic hydroxyl groups is 1. The van der Waals surface area contributed by atoms with Gasteiger partial charge in [0.25, 0.3) is 0 Å². The van der Waals surface area contributed by atoms with Gasteiger partial charge >= 0.3 is 0 Å². The number of hydrogen-bond acceptors (Lipinski definition) is 3. The van der Waals surface area contributed by atoms with Crippen molar-refractivity contribution in [1.82, 2.24) is 0 Å². The molecule has 74 valence electrons. The zero-order chi connectivity index (χ0) is 10.1. The Hall–Kier alpha value is -0.990. The molecule has 0 aromatic heterocycles. The van der Waals surface area contributed by atoms with Gasteiger partial charge in [-0.05, 0) is 12.3 Å². The number of Topliss-reactive ketones (excluding diaryl/α,β-unsaturated/α-hetero) is 1. The Morgan fingerprint density at radius 1 is 1.46 bits per heavy atom. The molecule has 1 rings (SSSR count). The monoisotopic (exact) mass is 184 g/mol. The number of rotatable bonds is 2. The molecule has 0 bridgehead atoms. The molecule has 0 spiro atoms. The van der Waals surface area contributed by atoms with Crippen LogP contribution >= 0.6 is 0 Å². The fraction of sp³-hybridized carbons (Fsp3) is 0.700. The first-order valence-corrected chi connectivity index (χ1v) is 4.54. The van der Waals surface area contributed by atoms with Gasteiger partial charge in [0.1, 0.15) is 5.76 Å². The molecule has 1 aliphatic rings. The molecule has 0 aromatic rings. The van der Waals surface area contributed by atoms with E-state index >= 15 is 0 Å². The highest BCUT2D eigenvalue weighted by Crippen LogP contribution is 2.36. The average molecular weight is 184 g/mol. The number of allylic oxidation sites excluding steroid dienone is 2. The van der Waals surface area contributed by atoms with Crippen molar-refractivity contribution in [1.29, 1.82) is 0 Å². The molecule has 1 aliphatic carbocycles. The van der Waals surface area contributed by atoms with Gasteiger partial charge in [0, 0.05) is 12.8 Å². The molecule has 0 amide bonds. The highest BCUT2D eigenvalue weighted by Gasteiger charge is 2.33. The first kappa shape index (κ1) is 10.1. The van der Waals surface area contributed by atoms with E-state index in [1.807, 2.05) is 20.8 Å². The third-order valence-electron chi connectivity index (χ3n) is 2.13. The van der Waals surface area contributed by atoms with Gasteiger partial charge in [0.2, 0.25) is 5.78 Å². The van der Waals surface area contributed by atoms with Gasteiger partial charge in [0.15, 0.2) is 5.76 Å². The third kappa shape index (κ3) is 2.23. The van der Waals surface area contributed by atoms with Crippen molar-refractivity contribution in [2.75, 3.05) is 6.61 Å². The quantitative estimate of drug-likeness (QED) is 0.715. The highest BCUT2D eigenvalue weighted by molar-refractivity contribution is 5.94. The van der Waals surface area contributed by atoms with Crippen LogP contribution in [0, 0.1) is 5.41 Å². The van der Waals surface area contributed by atoms with E-state index in [9.17, 15) is 9.90 Å². The van der Waals surface area contributed by atoms with Crippen LogP contribution in [0.4, 0.5) is 0 Å². The summed E-state index contributed by atoms with van der Waals surface area (Å²) < 4.78 is 5.21. The minimum atomic E-state index is -0.209. The fourth-order valence-corrected chi connectivity index (χ4v) is 1.55. The molecule has 0 aromatic carbocycles. The Balaban J connectivity index is 2.89.